The van der Waals surface area contributed by atoms with Gasteiger partial charge in [0.2, 0.25) is 0 Å². The van der Waals surface area contributed by atoms with Gasteiger partial charge in [0.05, 0.1) is 7.11 Å². The predicted octanol–water partition coefficient (Wildman–Crippen LogP) is 1.14. The topological polar surface area (TPSA) is 29.5 Å². The highest BCUT2D eigenvalue weighted by atomic mass is 16.7. The summed E-state index contributed by atoms with van der Waals surface area (Å²) < 4.78 is 0. The fraction of sp³-hybridized carbons (Fsp3) is 0.375. The molecule has 11 heavy (non-hydrogen) atoms. The highest BCUT2D eigenvalue weighted by molar-refractivity contribution is 5.95. The van der Waals surface area contributed by atoms with Crippen molar-refractivity contribution >= 4 is 5.91 Å². The van der Waals surface area contributed by atoms with Crippen molar-refractivity contribution in [2.45, 2.75) is 6.92 Å². The van der Waals surface area contributed by atoms with E-state index in [9.17, 15) is 4.79 Å². The van der Waals surface area contributed by atoms with Crippen LogP contribution in [0.2, 0.25) is 0 Å². The molecule has 0 fully saturated rings. The van der Waals surface area contributed by atoms with Crippen LogP contribution in [0.25, 0.3) is 0 Å². The largest absolute Gasteiger partial charge is 0.276 e. The Morgan fingerprint density at radius 1 is 1.64 bits per heavy atom. The number of nitrogens with zero attached hydrogens (tertiary/aromatic N) is 1. The Morgan fingerprint density at radius 3 is 2.45 bits per heavy atom. The average molecular weight is 155 g/mol. The minimum absolute atomic E-state index is 0.190. The highest BCUT2D eigenvalue weighted by Gasteiger charge is 2.09. The third kappa shape index (κ3) is 2.55. The predicted molar refractivity (Wildman–Crippen MR) is 43.7 cm³/mol. The van der Waals surface area contributed by atoms with E-state index in [0.29, 0.717) is 5.57 Å². The highest BCUT2D eigenvalue weighted by Crippen LogP contribution is 2.00. The molecule has 0 atom stereocenters. The standard InChI is InChI=1S/C8H13NO2/c1-5-7(6-2)8(10)9(3)11-4/h5-6H,1H2,2-4H3/b7-6+. The van der Waals surface area contributed by atoms with E-state index in [1.165, 1.54) is 13.2 Å². The zero-order valence-corrected chi connectivity index (χ0v) is 7.13. The molecule has 0 aromatic rings. The number of likely N-dealkylation sites (N-methyl/N-ethyl adjacent to an activating group) is 1. The molecule has 0 spiro atoms. The van der Waals surface area contributed by atoms with Crippen molar-refractivity contribution in [3.05, 3.63) is 24.3 Å². The lowest BCUT2D eigenvalue weighted by atomic mass is 10.2. The lowest BCUT2D eigenvalue weighted by molar-refractivity contribution is -0.163. The van der Waals surface area contributed by atoms with E-state index in [4.69, 9.17) is 4.84 Å². The van der Waals surface area contributed by atoms with Crippen molar-refractivity contribution in [3.63, 3.8) is 0 Å². The van der Waals surface area contributed by atoms with Crippen molar-refractivity contribution < 1.29 is 9.63 Å². The fourth-order valence-corrected chi connectivity index (χ4v) is 0.593. The Kier molecular flexibility index (Phi) is 4.22. The van der Waals surface area contributed by atoms with E-state index >= 15 is 0 Å². The number of rotatable bonds is 3. The number of allylic oxidation sites excluding steroid dienone is 1. The van der Waals surface area contributed by atoms with Crippen LogP contribution < -0.4 is 0 Å². The molecular weight excluding hydrogens is 142 g/mol. The average Bonchev–Trinajstić information content (AvgIpc) is 2.05. The number of hydroxylamine groups is 2. The summed E-state index contributed by atoms with van der Waals surface area (Å²) in [5.74, 6) is -0.190. The maximum Gasteiger partial charge on any atom is 0.276 e. The van der Waals surface area contributed by atoms with Gasteiger partial charge in [0.25, 0.3) is 5.91 Å². The van der Waals surface area contributed by atoms with Gasteiger partial charge in [-0.25, -0.2) is 5.06 Å². The van der Waals surface area contributed by atoms with Crippen molar-refractivity contribution in [2.24, 2.45) is 0 Å². The summed E-state index contributed by atoms with van der Waals surface area (Å²) in [6, 6.07) is 0. The van der Waals surface area contributed by atoms with Gasteiger partial charge in [-0.05, 0) is 6.92 Å². The van der Waals surface area contributed by atoms with E-state index < -0.39 is 0 Å². The van der Waals surface area contributed by atoms with Crippen LogP contribution in [-0.4, -0.2) is 25.1 Å². The van der Waals surface area contributed by atoms with Crippen LogP contribution in [0.4, 0.5) is 0 Å². The van der Waals surface area contributed by atoms with Crippen LogP contribution in [0.5, 0.6) is 0 Å². The van der Waals surface area contributed by atoms with Gasteiger partial charge in [-0.1, -0.05) is 18.7 Å². The van der Waals surface area contributed by atoms with Gasteiger partial charge < -0.3 is 0 Å². The lowest BCUT2D eigenvalue weighted by Crippen LogP contribution is -2.26. The molecule has 0 N–H and O–H groups in total. The molecule has 62 valence electrons. The Labute approximate surface area is 66.9 Å². The maximum atomic E-state index is 11.2. The molecule has 3 heteroatoms. The second kappa shape index (κ2) is 4.68. The molecule has 0 aromatic carbocycles. The first kappa shape index (κ1) is 9.91. The van der Waals surface area contributed by atoms with Crippen molar-refractivity contribution in [1.82, 2.24) is 5.06 Å². The van der Waals surface area contributed by atoms with E-state index in [1.807, 2.05) is 0 Å². The second-order valence-electron chi connectivity index (χ2n) is 1.93. The van der Waals surface area contributed by atoms with Gasteiger partial charge >= 0.3 is 0 Å². The van der Waals surface area contributed by atoms with Crippen LogP contribution in [0.3, 0.4) is 0 Å². The zero-order valence-electron chi connectivity index (χ0n) is 7.13. The molecule has 0 saturated carbocycles. The summed E-state index contributed by atoms with van der Waals surface area (Å²) in [6.07, 6.45) is 3.18. The minimum atomic E-state index is -0.190. The summed E-state index contributed by atoms with van der Waals surface area (Å²) in [7, 11) is 2.99. The summed E-state index contributed by atoms with van der Waals surface area (Å²) in [6.45, 7) is 5.27. The van der Waals surface area contributed by atoms with E-state index in [1.54, 1.807) is 20.0 Å². The third-order valence-electron chi connectivity index (χ3n) is 1.34. The molecule has 3 nitrogen and oxygen atoms in total. The quantitative estimate of drug-likeness (QED) is 0.347. The van der Waals surface area contributed by atoms with E-state index in [-0.39, 0.29) is 5.91 Å². The van der Waals surface area contributed by atoms with E-state index in [0.717, 1.165) is 5.06 Å². The first-order chi connectivity index (χ1) is 5.17. The first-order valence-corrected chi connectivity index (χ1v) is 3.28. The van der Waals surface area contributed by atoms with Crippen LogP contribution in [-0.2, 0) is 9.63 Å². The second-order valence-corrected chi connectivity index (χ2v) is 1.93. The molecule has 1 amide bonds. The van der Waals surface area contributed by atoms with Gasteiger partial charge in [-0.3, -0.25) is 9.63 Å². The normalized spacial score (nSPS) is 11.0. The number of hydrogen-bond donors (Lipinski definition) is 0. The van der Waals surface area contributed by atoms with Gasteiger partial charge in [-0.2, -0.15) is 0 Å². The summed E-state index contributed by atoms with van der Waals surface area (Å²) in [5.41, 5.74) is 0.536. The molecule has 0 saturated heterocycles. The number of hydrogen-bond acceptors (Lipinski definition) is 2. The molecular formula is C8H13NO2. The monoisotopic (exact) mass is 155 g/mol. The summed E-state index contributed by atoms with van der Waals surface area (Å²) in [4.78, 5) is 15.9. The molecule has 0 aromatic heterocycles. The van der Waals surface area contributed by atoms with E-state index in [2.05, 4.69) is 6.58 Å². The molecule has 0 radical (unpaired) electrons. The van der Waals surface area contributed by atoms with Crippen LogP contribution >= 0.6 is 0 Å². The number of carbonyl (C=O) groups excluding carboxylic acids is 1. The van der Waals surface area contributed by atoms with Gasteiger partial charge in [0, 0.05) is 12.6 Å². The summed E-state index contributed by atoms with van der Waals surface area (Å²) >= 11 is 0. The first-order valence-electron chi connectivity index (χ1n) is 3.28. The Bertz CT molecular complexity index is 185. The Balaban J connectivity index is 4.34. The number of amides is 1. The fourth-order valence-electron chi connectivity index (χ4n) is 0.593. The maximum absolute atomic E-state index is 11.2. The zero-order chi connectivity index (χ0) is 8.85. The molecule has 0 aliphatic heterocycles. The SMILES string of the molecule is C=C/C(=C\C)C(=O)N(C)OC. The van der Waals surface area contributed by atoms with Gasteiger partial charge in [0.15, 0.2) is 0 Å². The molecule has 0 heterocycles. The summed E-state index contributed by atoms with van der Waals surface area (Å²) in [5, 5.41) is 1.15. The van der Waals surface area contributed by atoms with Gasteiger partial charge in [0.1, 0.15) is 0 Å². The third-order valence-corrected chi connectivity index (χ3v) is 1.34. The Hall–Kier alpha value is -1.09. The minimum Gasteiger partial charge on any atom is -0.274 e. The van der Waals surface area contributed by atoms with Crippen LogP contribution in [0.1, 0.15) is 6.92 Å². The Morgan fingerprint density at radius 2 is 2.18 bits per heavy atom. The smallest absolute Gasteiger partial charge is 0.274 e. The van der Waals surface area contributed by atoms with Gasteiger partial charge in [-0.15, -0.1) is 0 Å². The van der Waals surface area contributed by atoms with Crippen LogP contribution in [0, 0.1) is 0 Å². The van der Waals surface area contributed by atoms with Crippen molar-refractivity contribution in [1.29, 1.82) is 0 Å². The van der Waals surface area contributed by atoms with Crippen LogP contribution in [0.15, 0.2) is 24.3 Å². The van der Waals surface area contributed by atoms with Crippen molar-refractivity contribution in [2.75, 3.05) is 14.2 Å². The molecule has 0 aliphatic rings. The lowest BCUT2D eigenvalue weighted by Gasteiger charge is -2.13. The molecule has 0 rings (SSSR count). The molecule has 0 unspecified atom stereocenters. The molecule has 0 aliphatic carbocycles. The number of carbonyl (C=O) groups is 1. The van der Waals surface area contributed by atoms with Crippen molar-refractivity contribution in [3.8, 4) is 0 Å². The molecule has 0 bridgehead atoms.